The zero-order valence-electron chi connectivity index (χ0n) is 12.3. The van der Waals surface area contributed by atoms with Gasteiger partial charge >= 0.3 is 6.03 Å². The summed E-state index contributed by atoms with van der Waals surface area (Å²) in [5.74, 6) is 0. The molecule has 1 saturated heterocycles. The molecule has 1 aromatic carbocycles. The molecular formula is C15H24N4O. The standard InChI is InChI=1S/C15H24N4O/c1-18-8-4-7-14(18)11-19(2)15(20)17-13-6-3-5-12(9-13)10-16/h3,5-6,9,14H,4,7-8,10-11,16H2,1-2H3,(H,17,20). The number of carbonyl (C=O) groups excluding carboxylic acids is 1. The van der Waals surface area contributed by atoms with Gasteiger partial charge in [-0.1, -0.05) is 12.1 Å². The van der Waals surface area contributed by atoms with Crippen LogP contribution < -0.4 is 11.1 Å². The lowest BCUT2D eigenvalue weighted by atomic mass is 10.2. The summed E-state index contributed by atoms with van der Waals surface area (Å²) >= 11 is 0. The highest BCUT2D eigenvalue weighted by Gasteiger charge is 2.23. The SMILES string of the molecule is CN(CC1CCCN1C)C(=O)Nc1cccc(CN)c1. The van der Waals surface area contributed by atoms with Crippen LogP contribution in [0.5, 0.6) is 0 Å². The molecule has 0 saturated carbocycles. The number of nitrogens with two attached hydrogens (primary N) is 1. The third kappa shape index (κ3) is 3.71. The molecule has 2 amide bonds. The number of anilines is 1. The van der Waals surface area contributed by atoms with Crippen molar-refractivity contribution < 1.29 is 4.79 Å². The molecule has 0 radical (unpaired) electrons. The number of amides is 2. The van der Waals surface area contributed by atoms with E-state index in [0.29, 0.717) is 12.6 Å². The smallest absolute Gasteiger partial charge is 0.321 e. The molecule has 1 fully saturated rings. The van der Waals surface area contributed by atoms with Crippen LogP contribution in [0, 0.1) is 0 Å². The van der Waals surface area contributed by atoms with Crippen LogP contribution in [-0.4, -0.2) is 49.1 Å². The summed E-state index contributed by atoms with van der Waals surface area (Å²) in [6.45, 7) is 2.37. The molecule has 5 heteroatoms. The Hall–Kier alpha value is -1.59. The maximum absolute atomic E-state index is 12.2. The Balaban J connectivity index is 1.90. The lowest BCUT2D eigenvalue weighted by Gasteiger charge is -2.26. The molecule has 1 aliphatic rings. The highest BCUT2D eigenvalue weighted by atomic mass is 16.2. The van der Waals surface area contributed by atoms with Crippen molar-refractivity contribution in [2.24, 2.45) is 5.73 Å². The van der Waals surface area contributed by atoms with Crippen LogP contribution in [0.25, 0.3) is 0 Å². The van der Waals surface area contributed by atoms with Crippen molar-refractivity contribution in [3.8, 4) is 0 Å². The second kappa shape index (κ2) is 6.72. The molecule has 1 aliphatic heterocycles. The Morgan fingerprint density at radius 1 is 1.55 bits per heavy atom. The highest BCUT2D eigenvalue weighted by molar-refractivity contribution is 5.89. The maximum atomic E-state index is 12.2. The second-order valence-electron chi connectivity index (χ2n) is 5.49. The van der Waals surface area contributed by atoms with Crippen LogP contribution in [0.3, 0.4) is 0 Å². The van der Waals surface area contributed by atoms with E-state index in [1.165, 1.54) is 6.42 Å². The van der Waals surface area contributed by atoms with E-state index in [4.69, 9.17) is 5.73 Å². The number of carbonyl (C=O) groups is 1. The first-order valence-electron chi connectivity index (χ1n) is 7.11. The number of nitrogens with one attached hydrogen (secondary N) is 1. The van der Waals surface area contributed by atoms with Crippen LogP contribution in [0.2, 0.25) is 0 Å². The zero-order valence-corrected chi connectivity index (χ0v) is 12.3. The van der Waals surface area contributed by atoms with Gasteiger partial charge in [0.2, 0.25) is 0 Å². The van der Waals surface area contributed by atoms with Gasteiger partial charge in [0.05, 0.1) is 0 Å². The molecule has 1 atom stereocenters. The molecule has 1 heterocycles. The molecule has 3 N–H and O–H groups in total. The Bertz CT molecular complexity index is 463. The Morgan fingerprint density at radius 3 is 3.00 bits per heavy atom. The summed E-state index contributed by atoms with van der Waals surface area (Å²) in [5.41, 5.74) is 7.42. The Kier molecular flexibility index (Phi) is 4.98. The third-order valence-corrected chi connectivity index (χ3v) is 3.92. The van der Waals surface area contributed by atoms with E-state index < -0.39 is 0 Å². The first kappa shape index (κ1) is 14.8. The predicted octanol–water partition coefficient (Wildman–Crippen LogP) is 1.70. The van der Waals surface area contributed by atoms with E-state index in [9.17, 15) is 4.79 Å². The monoisotopic (exact) mass is 276 g/mol. The van der Waals surface area contributed by atoms with Crippen molar-refractivity contribution in [1.82, 2.24) is 9.80 Å². The minimum absolute atomic E-state index is 0.0699. The summed E-state index contributed by atoms with van der Waals surface area (Å²) in [7, 11) is 3.96. The quantitative estimate of drug-likeness (QED) is 0.880. The highest BCUT2D eigenvalue weighted by Crippen LogP contribution is 2.16. The van der Waals surface area contributed by atoms with Crippen molar-refractivity contribution in [1.29, 1.82) is 0 Å². The van der Waals surface area contributed by atoms with Crippen molar-refractivity contribution in [3.05, 3.63) is 29.8 Å². The van der Waals surface area contributed by atoms with Gasteiger partial charge in [0.25, 0.3) is 0 Å². The Labute approximate surface area is 120 Å². The average Bonchev–Trinajstić information content (AvgIpc) is 2.84. The number of hydrogen-bond donors (Lipinski definition) is 2. The normalized spacial score (nSPS) is 19.1. The number of nitrogens with zero attached hydrogens (tertiary/aromatic N) is 2. The molecule has 0 aromatic heterocycles. The molecular weight excluding hydrogens is 252 g/mol. The van der Waals surface area contributed by atoms with E-state index in [2.05, 4.69) is 17.3 Å². The van der Waals surface area contributed by atoms with Crippen LogP contribution in [0.1, 0.15) is 18.4 Å². The van der Waals surface area contributed by atoms with Crippen LogP contribution in [0.4, 0.5) is 10.5 Å². The summed E-state index contributed by atoms with van der Waals surface area (Å²) in [4.78, 5) is 16.2. The maximum Gasteiger partial charge on any atom is 0.321 e. The fourth-order valence-corrected chi connectivity index (χ4v) is 2.60. The fraction of sp³-hybridized carbons (Fsp3) is 0.533. The van der Waals surface area contributed by atoms with Gasteiger partial charge < -0.3 is 20.9 Å². The number of rotatable bonds is 4. The largest absolute Gasteiger partial charge is 0.326 e. The van der Waals surface area contributed by atoms with E-state index in [-0.39, 0.29) is 6.03 Å². The lowest BCUT2D eigenvalue weighted by Crippen LogP contribution is -2.41. The zero-order chi connectivity index (χ0) is 14.5. The number of urea groups is 1. The van der Waals surface area contributed by atoms with Crippen molar-refractivity contribution in [3.63, 3.8) is 0 Å². The summed E-state index contributed by atoms with van der Waals surface area (Å²) in [5, 5.41) is 2.92. The number of hydrogen-bond acceptors (Lipinski definition) is 3. The molecule has 0 spiro atoms. The minimum Gasteiger partial charge on any atom is -0.326 e. The summed E-state index contributed by atoms with van der Waals surface area (Å²) in [6, 6.07) is 8.05. The van der Waals surface area contributed by atoms with Crippen molar-refractivity contribution in [2.45, 2.75) is 25.4 Å². The van der Waals surface area contributed by atoms with Crippen LogP contribution >= 0.6 is 0 Å². The van der Waals surface area contributed by atoms with Gasteiger partial charge in [0.15, 0.2) is 0 Å². The lowest BCUT2D eigenvalue weighted by molar-refractivity contribution is 0.201. The first-order chi connectivity index (χ1) is 9.60. The molecule has 0 bridgehead atoms. The van der Waals surface area contributed by atoms with Crippen LogP contribution in [-0.2, 0) is 6.54 Å². The van der Waals surface area contributed by atoms with Gasteiger partial charge in [-0.2, -0.15) is 0 Å². The Morgan fingerprint density at radius 2 is 2.35 bits per heavy atom. The minimum atomic E-state index is -0.0699. The summed E-state index contributed by atoms with van der Waals surface area (Å²) in [6.07, 6.45) is 2.38. The number of likely N-dealkylation sites (tertiary alicyclic amines) is 1. The first-order valence-corrected chi connectivity index (χ1v) is 7.11. The van der Waals surface area contributed by atoms with Gasteiger partial charge in [-0.25, -0.2) is 4.79 Å². The van der Waals surface area contributed by atoms with Crippen molar-refractivity contribution in [2.75, 3.05) is 32.5 Å². The van der Waals surface area contributed by atoms with Gasteiger partial charge in [0, 0.05) is 31.9 Å². The molecule has 0 aliphatic carbocycles. The third-order valence-electron chi connectivity index (χ3n) is 3.92. The van der Waals surface area contributed by atoms with E-state index in [0.717, 1.165) is 30.8 Å². The van der Waals surface area contributed by atoms with E-state index >= 15 is 0 Å². The predicted molar refractivity (Wildman–Crippen MR) is 81.6 cm³/mol. The van der Waals surface area contributed by atoms with Crippen LogP contribution in [0.15, 0.2) is 24.3 Å². The van der Waals surface area contributed by atoms with Gasteiger partial charge in [-0.15, -0.1) is 0 Å². The fourth-order valence-electron chi connectivity index (χ4n) is 2.60. The molecule has 1 aromatic rings. The molecule has 110 valence electrons. The molecule has 1 unspecified atom stereocenters. The van der Waals surface area contributed by atoms with Gasteiger partial charge in [0.1, 0.15) is 0 Å². The second-order valence-corrected chi connectivity index (χ2v) is 5.49. The van der Waals surface area contributed by atoms with Gasteiger partial charge in [-0.05, 0) is 44.1 Å². The topological polar surface area (TPSA) is 61.6 Å². The summed E-state index contributed by atoms with van der Waals surface area (Å²) < 4.78 is 0. The van der Waals surface area contributed by atoms with E-state index in [1.54, 1.807) is 4.90 Å². The average molecular weight is 276 g/mol. The molecule has 5 nitrogen and oxygen atoms in total. The molecule has 2 rings (SSSR count). The number of likely N-dealkylation sites (N-methyl/N-ethyl adjacent to an activating group) is 2. The van der Waals surface area contributed by atoms with Crippen molar-refractivity contribution >= 4 is 11.7 Å². The number of benzene rings is 1. The molecule has 20 heavy (non-hydrogen) atoms. The van der Waals surface area contributed by atoms with Gasteiger partial charge in [-0.3, -0.25) is 0 Å². The van der Waals surface area contributed by atoms with E-state index in [1.807, 2.05) is 31.3 Å².